The molecule has 120 valence electrons. The number of hydrogen-bond donors (Lipinski definition) is 1. The Morgan fingerprint density at radius 2 is 2.09 bits per heavy atom. The Bertz CT molecular complexity index is 510. The van der Waals surface area contributed by atoms with Gasteiger partial charge in [-0.15, -0.1) is 0 Å². The summed E-state index contributed by atoms with van der Waals surface area (Å²) in [6, 6.07) is 8.05. The Balaban J connectivity index is 1.53. The zero-order valence-corrected chi connectivity index (χ0v) is 13.4. The largest absolute Gasteiger partial charge is 0.492 e. The van der Waals surface area contributed by atoms with Crippen molar-refractivity contribution in [3.63, 3.8) is 0 Å². The Morgan fingerprint density at radius 1 is 1.32 bits per heavy atom. The number of ether oxygens (including phenoxy) is 1. The molecule has 0 aromatic heterocycles. The number of nitrogens with one attached hydrogen (secondary N) is 1. The molecule has 4 heteroatoms. The fourth-order valence-corrected chi connectivity index (χ4v) is 3.45. The lowest BCUT2D eigenvalue weighted by Gasteiger charge is -2.35. The summed E-state index contributed by atoms with van der Waals surface area (Å²) >= 11 is 0. The van der Waals surface area contributed by atoms with Crippen LogP contribution in [-0.2, 0) is 11.2 Å². The van der Waals surface area contributed by atoms with Crippen LogP contribution in [0.1, 0.15) is 25.3 Å². The van der Waals surface area contributed by atoms with Crippen LogP contribution in [-0.4, -0.2) is 43.6 Å². The SMILES string of the molecule is CCNCC1CCN(C(=O)C2COc3ccccc3C2)CC1. The van der Waals surface area contributed by atoms with E-state index in [9.17, 15) is 4.79 Å². The van der Waals surface area contributed by atoms with Gasteiger partial charge >= 0.3 is 0 Å². The molecular formula is C18H26N2O2. The number of carbonyl (C=O) groups is 1. The molecule has 1 N–H and O–H groups in total. The molecule has 0 radical (unpaired) electrons. The summed E-state index contributed by atoms with van der Waals surface area (Å²) < 4.78 is 5.76. The number of benzene rings is 1. The van der Waals surface area contributed by atoms with Crippen LogP contribution < -0.4 is 10.1 Å². The first-order valence-electron chi connectivity index (χ1n) is 8.48. The lowest BCUT2D eigenvalue weighted by atomic mass is 9.92. The molecule has 1 amide bonds. The second-order valence-corrected chi connectivity index (χ2v) is 6.40. The van der Waals surface area contributed by atoms with E-state index >= 15 is 0 Å². The van der Waals surface area contributed by atoms with E-state index in [2.05, 4.69) is 18.3 Å². The molecule has 0 saturated carbocycles. The van der Waals surface area contributed by atoms with Crippen molar-refractivity contribution >= 4 is 5.91 Å². The molecule has 1 saturated heterocycles. The predicted molar refractivity (Wildman–Crippen MR) is 87.0 cm³/mol. The van der Waals surface area contributed by atoms with Crippen LogP contribution in [0.4, 0.5) is 0 Å². The summed E-state index contributed by atoms with van der Waals surface area (Å²) in [5, 5.41) is 3.41. The van der Waals surface area contributed by atoms with E-state index in [1.54, 1.807) is 0 Å². The maximum atomic E-state index is 12.7. The highest BCUT2D eigenvalue weighted by molar-refractivity contribution is 5.80. The van der Waals surface area contributed by atoms with E-state index in [1.165, 1.54) is 0 Å². The van der Waals surface area contributed by atoms with Crippen LogP contribution in [0.25, 0.3) is 0 Å². The molecule has 3 rings (SSSR count). The predicted octanol–water partition coefficient (Wildman–Crippen LogP) is 2.09. The molecule has 1 unspecified atom stereocenters. The molecule has 22 heavy (non-hydrogen) atoms. The standard InChI is InChI=1S/C18H26N2O2/c1-2-19-12-14-7-9-20(10-8-14)18(21)16-11-15-5-3-4-6-17(15)22-13-16/h3-6,14,16,19H,2,7-13H2,1H3. The zero-order chi connectivity index (χ0) is 15.4. The van der Waals surface area contributed by atoms with Gasteiger partial charge in [0.15, 0.2) is 0 Å². The van der Waals surface area contributed by atoms with Crippen molar-refractivity contribution in [2.45, 2.75) is 26.2 Å². The van der Waals surface area contributed by atoms with Crippen molar-refractivity contribution < 1.29 is 9.53 Å². The number of piperidine rings is 1. The number of rotatable bonds is 4. The molecule has 2 aliphatic rings. The van der Waals surface area contributed by atoms with E-state index in [-0.39, 0.29) is 11.8 Å². The molecule has 4 nitrogen and oxygen atoms in total. The Labute approximate surface area is 132 Å². The van der Waals surface area contributed by atoms with Gasteiger partial charge in [0, 0.05) is 13.1 Å². The molecule has 1 aromatic rings. The van der Waals surface area contributed by atoms with Gasteiger partial charge < -0.3 is 15.0 Å². The van der Waals surface area contributed by atoms with Crippen molar-refractivity contribution in [1.29, 1.82) is 0 Å². The summed E-state index contributed by atoms with van der Waals surface area (Å²) in [5.41, 5.74) is 1.16. The minimum absolute atomic E-state index is 0.0137. The minimum atomic E-state index is -0.0137. The van der Waals surface area contributed by atoms with Crippen LogP contribution in [0.3, 0.4) is 0 Å². The molecule has 0 bridgehead atoms. The van der Waals surface area contributed by atoms with Crippen molar-refractivity contribution in [2.75, 3.05) is 32.8 Å². The van der Waals surface area contributed by atoms with Gasteiger partial charge in [-0.1, -0.05) is 25.1 Å². The molecule has 1 atom stereocenters. The second kappa shape index (κ2) is 7.14. The van der Waals surface area contributed by atoms with Gasteiger partial charge in [-0.2, -0.15) is 0 Å². The number of hydrogen-bond acceptors (Lipinski definition) is 3. The van der Waals surface area contributed by atoms with Gasteiger partial charge in [0.2, 0.25) is 5.91 Å². The van der Waals surface area contributed by atoms with Gasteiger partial charge in [-0.25, -0.2) is 0 Å². The second-order valence-electron chi connectivity index (χ2n) is 6.40. The van der Waals surface area contributed by atoms with Crippen molar-refractivity contribution in [2.24, 2.45) is 11.8 Å². The van der Waals surface area contributed by atoms with Crippen LogP contribution in [0, 0.1) is 11.8 Å². The molecular weight excluding hydrogens is 276 g/mol. The van der Waals surface area contributed by atoms with Gasteiger partial charge in [-0.3, -0.25) is 4.79 Å². The average molecular weight is 302 g/mol. The van der Waals surface area contributed by atoms with E-state index in [0.29, 0.717) is 12.5 Å². The lowest BCUT2D eigenvalue weighted by Crippen LogP contribution is -2.45. The number of amides is 1. The van der Waals surface area contributed by atoms with E-state index in [1.807, 2.05) is 23.1 Å². The van der Waals surface area contributed by atoms with E-state index < -0.39 is 0 Å². The third-order valence-corrected chi connectivity index (χ3v) is 4.84. The number of likely N-dealkylation sites (tertiary alicyclic amines) is 1. The Hall–Kier alpha value is -1.55. The maximum absolute atomic E-state index is 12.7. The summed E-state index contributed by atoms with van der Waals surface area (Å²) in [7, 11) is 0. The normalized spacial score (nSPS) is 22.0. The Morgan fingerprint density at radius 3 is 2.86 bits per heavy atom. The fourth-order valence-electron chi connectivity index (χ4n) is 3.45. The van der Waals surface area contributed by atoms with Crippen molar-refractivity contribution in [1.82, 2.24) is 10.2 Å². The smallest absolute Gasteiger partial charge is 0.229 e. The van der Waals surface area contributed by atoms with Crippen LogP contribution in [0.5, 0.6) is 5.75 Å². The number of para-hydroxylation sites is 1. The van der Waals surface area contributed by atoms with Crippen molar-refractivity contribution in [3.05, 3.63) is 29.8 Å². The number of carbonyl (C=O) groups excluding carboxylic acids is 1. The maximum Gasteiger partial charge on any atom is 0.229 e. The monoisotopic (exact) mass is 302 g/mol. The zero-order valence-electron chi connectivity index (χ0n) is 13.4. The highest BCUT2D eigenvalue weighted by atomic mass is 16.5. The molecule has 2 aliphatic heterocycles. The molecule has 0 aliphatic carbocycles. The van der Waals surface area contributed by atoms with Gasteiger partial charge in [-0.05, 0) is 49.9 Å². The van der Waals surface area contributed by atoms with Gasteiger partial charge in [0.1, 0.15) is 12.4 Å². The number of nitrogens with zero attached hydrogens (tertiary/aromatic N) is 1. The molecule has 0 spiro atoms. The van der Waals surface area contributed by atoms with E-state index in [0.717, 1.165) is 56.8 Å². The summed E-state index contributed by atoms with van der Waals surface area (Å²) in [6.07, 6.45) is 3.04. The average Bonchev–Trinajstić information content (AvgIpc) is 2.59. The van der Waals surface area contributed by atoms with Crippen LogP contribution >= 0.6 is 0 Å². The summed E-state index contributed by atoms with van der Waals surface area (Å²) in [4.78, 5) is 14.8. The first-order chi connectivity index (χ1) is 10.8. The first kappa shape index (κ1) is 15.3. The summed E-state index contributed by atoms with van der Waals surface area (Å²) in [6.45, 7) is 6.56. The molecule has 1 aromatic carbocycles. The quantitative estimate of drug-likeness (QED) is 0.926. The topological polar surface area (TPSA) is 41.6 Å². The van der Waals surface area contributed by atoms with Crippen molar-refractivity contribution in [3.8, 4) is 5.75 Å². The van der Waals surface area contributed by atoms with E-state index in [4.69, 9.17) is 4.74 Å². The first-order valence-corrected chi connectivity index (χ1v) is 8.48. The molecule has 2 heterocycles. The van der Waals surface area contributed by atoms with Gasteiger partial charge in [0.05, 0.1) is 5.92 Å². The highest BCUT2D eigenvalue weighted by Gasteiger charge is 2.31. The third kappa shape index (κ3) is 3.43. The molecule has 1 fully saturated rings. The van der Waals surface area contributed by atoms with Crippen LogP contribution in [0.15, 0.2) is 24.3 Å². The minimum Gasteiger partial charge on any atom is -0.492 e. The van der Waals surface area contributed by atoms with Gasteiger partial charge in [0.25, 0.3) is 0 Å². The highest BCUT2D eigenvalue weighted by Crippen LogP contribution is 2.28. The lowest BCUT2D eigenvalue weighted by molar-refractivity contribution is -0.138. The summed E-state index contributed by atoms with van der Waals surface area (Å²) in [5.74, 6) is 1.92. The van der Waals surface area contributed by atoms with Crippen LogP contribution in [0.2, 0.25) is 0 Å². The third-order valence-electron chi connectivity index (χ3n) is 4.84. The fraction of sp³-hybridized carbons (Fsp3) is 0.611. The number of fused-ring (bicyclic) bond motifs is 1. The Kier molecular flexibility index (Phi) is 4.98.